The Kier molecular flexibility index (Phi) is 5.87. The van der Waals surface area contributed by atoms with Gasteiger partial charge in [0, 0.05) is 34.6 Å². The van der Waals surface area contributed by atoms with Crippen LogP contribution in [0.4, 0.5) is 0 Å². The first-order valence-corrected chi connectivity index (χ1v) is 9.23. The number of carbonyl (C=O) groups is 2. The molecule has 0 N–H and O–H groups in total. The third kappa shape index (κ3) is 4.11. The molecule has 0 saturated heterocycles. The molecule has 1 aliphatic rings. The predicted octanol–water partition coefficient (Wildman–Crippen LogP) is 3.90. The van der Waals surface area contributed by atoms with Gasteiger partial charge in [-0.05, 0) is 44.9 Å². The number of hydrogen-bond donors (Lipinski definition) is 0. The van der Waals surface area contributed by atoms with Crippen molar-refractivity contribution in [2.75, 3.05) is 20.8 Å². The number of esters is 1. The van der Waals surface area contributed by atoms with Crippen LogP contribution in [-0.2, 0) is 9.53 Å². The summed E-state index contributed by atoms with van der Waals surface area (Å²) in [4.78, 5) is 24.5. The lowest BCUT2D eigenvalue weighted by molar-refractivity contribution is -0.136. The van der Waals surface area contributed by atoms with E-state index in [-0.39, 0.29) is 12.4 Å². The molecule has 0 aliphatic heterocycles. The summed E-state index contributed by atoms with van der Waals surface area (Å²) in [6.45, 7) is 3.65. The fourth-order valence-corrected chi connectivity index (χ4v) is 3.42. The molecule has 6 nitrogen and oxygen atoms in total. The van der Waals surface area contributed by atoms with Crippen LogP contribution >= 0.6 is 0 Å². The lowest BCUT2D eigenvalue weighted by atomic mass is 10.1. The first kappa shape index (κ1) is 19.7. The molecule has 148 valence electrons. The predicted molar refractivity (Wildman–Crippen MR) is 106 cm³/mol. The molecular weight excluding hydrogens is 358 g/mol. The molecule has 0 radical (unpaired) electrons. The largest absolute Gasteiger partial charge is 0.493 e. The van der Waals surface area contributed by atoms with E-state index in [9.17, 15) is 9.59 Å². The van der Waals surface area contributed by atoms with Gasteiger partial charge in [-0.1, -0.05) is 12.1 Å². The molecule has 6 heteroatoms. The SMILES string of the molecule is COc1cccc(/C=C/C(=O)OCC(=O)c2cc(C)n(C3CC3)c2C)c1OC. The van der Waals surface area contributed by atoms with Crippen molar-refractivity contribution >= 4 is 17.8 Å². The maximum Gasteiger partial charge on any atom is 0.331 e. The first-order chi connectivity index (χ1) is 13.5. The molecule has 1 aliphatic carbocycles. The second-order valence-corrected chi connectivity index (χ2v) is 6.83. The highest BCUT2D eigenvalue weighted by Gasteiger charge is 2.28. The minimum absolute atomic E-state index is 0.194. The van der Waals surface area contributed by atoms with Crippen molar-refractivity contribution in [1.29, 1.82) is 0 Å². The van der Waals surface area contributed by atoms with Crippen LogP contribution in [-0.4, -0.2) is 37.1 Å². The van der Waals surface area contributed by atoms with Crippen molar-refractivity contribution in [2.24, 2.45) is 0 Å². The lowest BCUT2D eigenvalue weighted by Crippen LogP contribution is -2.13. The van der Waals surface area contributed by atoms with Gasteiger partial charge in [-0.2, -0.15) is 0 Å². The minimum Gasteiger partial charge on any atom is -0.493 e. The molecule has 0 amide bonds. The van der Waals surface area contributed by atoms with Gasteiger partial charge in [0.15, 0.2) is 18.1 Å². The van der Waals surface area contributed by atoms with Gasteiger partial charge in [0.1, 0.15) is 0 Å². The van der Waals surface area contributed by atoms with E-state index in [4.69, 9.17) is 14.2 Å². The quantitative estimate of drug-likeness (QED) is 0.393. The highest BCUT2D eigenvalue weighted by atomic mass is 16.5. The fraction of sp³-hybridized carbons (Fsp3) is 0.364. The summed E-state index contributed by atoms with van der Waals surface area (Å²) < 4.78 is 17.9. The van der Waals surface area contributed by atoms with Crippen molar-refractivity contribution < 1.29 is 23.8 Å². The van der Waals surface area contributed by atoms with Crippen LogP contribution in [0.1, 0.15) is 46.2 Å². The average molecular weight is 383 g/mol. The van der Waals surface area contributed by atoms with Crippen LogP contribution in [0.25, 0.3) is 6.08 Å². The summed E-state index contributed by atoms with van der Waals surface area (Å²) >= 11 is 0. The average Bonchev–Trinajstić information content (AvgIpc) is 3.48. The number of rotatable bonds is 8. The fourth-order valence-electron chi connectivity index (χ4n) is 3.42. The van der Waals surface area contributed by atoms with Crippen LogP contribution in [0.15, 0.2) is 30.3 Å². The number of nitrogens with zero attached hydrogens (tertiary/aromatic N) is 1. The Balaban J connectivity index is 1.63. The van der Waals surface area contributed by atoms with Gasteiger partial charge in [-0.15, -0.1) is 0 Å². The number of benzene rings is 1. The highest BCUT2D eigenvalue weighted by Crippen LogP contribution is 2.38. The van der Waals surface area contributed by atoms with Crippen molar-refractivity contribution in [1.82, 2.24) is 4.57 Å². The van der Waals surface area contributed by atoms with Crippen LogP contribution in [0.2, 0.25) is 0 Å². The van der Waals surface area contributed by atoms with Gasteiger partial charge in [-0.25, -0.2) is 4.79 Å². The van der Waals surface area contributed by atoms with E-state index in [2.05, 4.69) is 4.57 Å². The molecule has 1 aromatic carbocycles. The van der Waals surface area contributed by atoms with E-state index in [1.807, 2.05) is 19.9 Å². The Hall–Kier alpha value is -3.02. The van der Waals surface area contributed by atoms with E-state index in [1.54, 1.807) is 31.4 Å². The van der Waals surface area contributed by atoms with Crippen molar-refractivity contribution in [3.63, 3.8) is 0 Å². The van der Waals surface area contributed by atoms with Gasteiger partial charge in [0.25, 0.3) is 0 Å². The summed E-state index contributed by atoms with van der Waals surface area (Å²) in [5.41, 5.74) is 3.31. The standard InChI is InChI=1S/C22H25NO5/c1-14-12-18(15(2)23(14)17-9-10-17)19(24)13-28-21(25)11-8-16-6-5-7-20(26-3)22(16)27-4/h5-8,11-12,17H,9-10,13H2,1-4H3/b11-8+. The van der Waals surface area contributed by atoms with Crippen molar-refractivity contribution in [3.8, 4) is 11.5 Å². The van der Waals surface area contributed by atoms with Gasteiger partial charge >= 0.3 is 5.97 Å². The molecule has 1 aromatic heterocycles. The zero-order valence-electron chi connectivity index (χ0n) is 16.7. The Morgan fingerprint density at radius 1 is 1.18 bits per heavy atom. The molecule has 3 rings (SSSR count). The Morgan fingerprint density at radius 3 is 2.57 bits per heavy atom. The normalized spacial score (nSPS) is 13.6. The molecule has 0 bridgehead atoms. The molecule has 0 spiro atoms. The number of hydrogen-bond acceptors (Lipinski definition) is 5. The van der Waals surface area contributed by atoms with Crippen molar-refractivity contribution in [3.05, 3.63) is 52.9 Å². The van der Waals surface area contributed by atoms with E-state index in [0.29, 0.717) is 28.7 Å². The number of Topliss-reactive ketones (excluding diaryl/α,β-unsaturated/α-hetero) is 1. The molecule has 2 aromatic rings. The topological polar surface area (TPSA) is 66.8 Å². The molecule has 0 atom stereocenters. The Morgan fingerprint density at radius 2 is 1.93 bits per heavy atom. The van der Waals surface area contributed by atoms with Crippen LogP contribution in [0, 0.1) is 13.8 Å². The lowest BCUT2D eigenvalue weighted by Gasteiger charge is -2.09. The zero-order valence-corrected chi connectivity index (χ0v) is 16.7. The number of ketones is 1. The van der Waals surface area contributed by atoms with Gasteiger partial charge in [0.05, 0.1) is 14.2 Å². The molecule has 0 unspecified atom stereocenters. The van der Waals surface area contributed by atoms with Gasteiger partial charge < -0.3 is 18.8 Å². The maximum absolute atomic E-state index is 12.5. The Bertz CT molecular complexity index is 921. The smallest absolute Gasteiger partial charge is 0.331 e. The number of aryl methyl sites for hydroxylation is 1. The number of carbonyl (C=O) groups excluding carboxylic acids is 2. The third-order valence-electron chi connectivity index (χ3n) is 4.87. The molecule has 1 heterocycles. The van der Waals surface area contributed by atoms with E-state index >= 15 is 0 Å². The zero-order chi connectivity index (χ0) is 20.3. The van der Waals surface area contributed by atoms with Crippen LogP contribution < -0.4 is 9.47 Å². The van der Waals surface area contributed by atoms with E-state index in [0.717, 1.165) is 24.2 Å². The number of para-hydroxylation sites is 1. The molecular formula is C22H25NO5. The number of methoxy groups -OCH3 is 2. The van der Waals surface area contributed by atoms with Crippen molar-refractivity contribution in [2.45, 2.75) is 32.7 Å². The summed E-state index contributed by atoms with van der Waals surface area (Å²) in [7, 11) is 3.08. The Labute approximate surface area is 164 Å². The first-order valence-electron chi connectivity index (χ1n) is 9.23. The molecule has 28 heavy (non-hydrogen) atoms. The van der Waals surface area contributed by atoms with Gasteiger partial charge in [0.2, 0.25) is 5.78 Å². The second kappa shape index (κ2) is 8.33. The summed E-state index contributed by atoms with van der Waals surface area (Å²) in [6, 6.07) is 7.74. The monoisotopic (exact) mass is 383 g/mol. The second-order valence-electron chi connectivity index (χ2n) is 6.83. The number of aromatic nitrogens is 1. The third-order valence-corrected chi connectivity index (χ3v) is 4.87. The number of ether oxygens (including phenoxy) is 3. The molecule has 1 fully saturated rings. The van der Waals surface area contributed by atoms with Crippen LogP contribution in [0.3, 0.4) is 0 Å². The van der Waals surface area contributed by atoms with E-state index < -0.39 is 5.97 Å². The van der Waals surface area contributed by atoms with Crippen LogP contribution in [0.5, 0.6) is 11.5 Å². The maximum atomic E-state index is 12.5. The van der Waals surface area contributed by atoms with Gasteiger partial charge in [-0.3, -0.25) is 4.79 Å². The summed E-state index contributed by atoms with van der Waals surface area (Å²) in [5.74, 6) is 0.312. The summed E-state index contributed by atoms with van der Waals surface area (Å²) in [5, 5.41) is 0. The molecule has 1 saturated carbocycles. The highest BCUT2D eigenvalue weighted by molar-refractivity contribution is 6.00. The summed E-state index contributed by atoms with van der Waals surface area (Å²) in [6.07, 6.45) is 5.15. The van der Waals surface area contributed by atoms with E-state index in [1.165, 1.54) is 13.2 Å². The minimum atomic E-state index is -0.589.